The third kappa shape index (κ3) is 1.28. The highest BCUT2D eigenvalue weighted by Crippen LogP contribution is 2.18. The third-order valence-electron chi connectivity index (χ3n) is 1.35. The summed E-state index contributed by atoms with van der Waals surface area (Å²) < 4.78 is 4.43. The van der Waals surface area contributed by atoms with E-state index in [0.29, 0.717) is 0 Å². The molecule has 1 saturated heterocycles. The van der Waals surface area contributed by atoms with Crippen molar-refractivity contribution in [3.8, 4) is 0 Å². The summed E-state index contributed by atoms with van der Waals surface area (Å²) in [6.45, 7) is -0.174. The van der Waals surface area contributed by atoms with E-state index in [9.17, 15) is 0 Å². The quantitative estimate of drug-likeness (QED) is 0.299. The number of hydrogen-bond donors (Lipinski definition) is 4. The van der Waals surface area contributed by atoms with Gasteiger partial charge in [0.05, 0.1) is 6.61 Å². The Labute approximate surface area is 57.5 Å². The maximum absolute atomic E-state index is 8.84. The zero-order valence-electron chi connectivity index (χ0n) is 5.14. The molecular weight excluding hydrogens is 141 g/mol. The molecule has 0 bridgehead atoms. The van der Waals surface area contributed by atoms with Gasteiger partial charge in [-0.15, -0.1) is 0 Å². The molecule has 0 aromatic rings. The van der Waals surface area contributed by atoms with E-state index in [0.717, 1.165) is 0 Å². The minimum atomic E-state index is -1.47. The Morgan fingerprint density at radius 1 is 1.30 bits per heavy atom. The summed E-state index contributed by atoms with van der Waals surface area (Å²) >= 11 is 0. The van der Waals surface area contributed by atoms with Crippen molar-refractivity contribution in [3.05, 3.63) is 6.10 Å². The number of hydrogen-bond acceptors (Lipinski definition) is 5. The van der Waals surface area contributed by atoms with E-state index in [1.807, 2.05) is 0 Å². The van der Waals surface area contributed by atoms with E-state index >= 15 is 0 Å². The number of rotatable bonds is 0. The van der Waals surface area contributed by atoms with Gasteiger partial charge in [0.2, 0.25) is 0 Å². The molecule has 0 saturated carbocycles. The van der Waals surface area contributed by atoms with Gasteiger partial charge in [-0.2, -0.15) is 0 Å². The first-order valence-corrected chi connectivity index (χ1v) is 2.84. The van der Waals surface area contributed by atoms with Crippen LogP contribution in [0.1, 0.15) is 0 Å². The minimum absolute atomic E-state index is 0.174. The topological polar surface area (TPSA) is 90.2 Å². The molecule has 59 valence electrons. The Balaban J connectivity index is 2.52. The molecule has 0 aromatic carbocycles. The summed E-state index contributed by atoms with van der Waals surface area (Å²) in [4.78, 5) is 0. The van der Waals surface area contributed by atoms with E-state index in [2.05, 4.69) is 4.74 Å². The van der Waals surface area contributed by atoms with Gasteiger partial charge in [-0.25, -0.2) is 0 Å². The first kappa shape index (κ1) is 7.90. The normalized spacial score (nSPS) is 43.8. The fourth-order valence-corrected chi connectivity index (χ4v) is 0.709. The summed E-state index contributed by atoms with van der Waals surface area (Å²) in [5.41, 5.74) is 0. The monoisotopic (exact) mass is 150 g/mol. The van der Waals surface area contributed by atoms with Gasteiger partial charge in [-0.1, -0.05) is 0 Å². The first-order valence-electron chi connectivity index (χ1n) is 2.84. The van der Waals surface area contributed by atoms with E-state index in [4.69, 9.17) is 20.4 Å². The second-order valence-electron chi connectivity index (χ2n) is 2.12. The lowest BCUT2D eigenvalue weighted by Crippen LogP contribution is -2.47. The molecule has 1 aliphatic heterocycles. The van der Waals surface area contributed by atoms with Crippen molar-refractivity contribution in [2.24, 2.45) is 0 Å². The van der Waals surface area contributed by atoms with Gasteiger partial charge in [0, 0.05) is 0 Å². The van der Waals surface area contributed by atoms with Crippen LogP contribution in [0.15, 0.2) is 0 Å². The van der Waals surface area contributed by atoms with Crippen LogP contribution in [-0.2, 0) is 4.74 Å². The Kier molecular flexibility index (Phi) is 2.22. The Bertz CT molecular complexity index is 103. The van der Waals surface area contributed by atoms with Crippen molar-refractivity contribution in [2.45, 2.75) is 18.5 Å². The van der Waals surface area contributed by atoms with Gasteiger partial charge in [-0.3, -0.25) is 0 Å². The first-order chi connectivity index (χ1) is 4.63. The highest BCUT2D eigenvalue weighted by Gasteiger charge is 2.37. The molecule has 4 N–H and O–H groups in total. The molecule has 0 amide bonds. The van der Waals surface area contributed by atoms with E-state index in [1.165, 1.54) is 0 Å². The van der Waals surface area contributed by atoms with Crippen LogP contribution in [0.25, 0.3) is 0 Å². The van der Waals surface area contributed by atoms with Crippen molar-refractivity contribution in [1.29, 1.82) is 0 Å². The minimum Gasteiger partial charge on any atom is -0.388 e. The maximum atomic E-state index is 8.84. The predicted octanol–water partition coefficient (Wildman–Crippen LogP) is -2.04. The fourth-order valence-electron chi connectivity index (χ4n) is 0.709. The molecule has 0 aromatic heterocycles. The molecule has 5 heteroatoms. The Hall–Kier alpha value is -0.200. The van der Waals surface area contributed by atoms with Gasteiger partial charge < -0.3 is 25.2 Å². The van der Waals surface area contributed by atoms with Crippen molar-refractivity contribution in [2.75, 3.05) is 6.61 Å². The average molecular weight is 150 g/mol. The van der Waals surface area contributed by atoms with Crippen LogP contribution in [0, 0.1) is 6.10 Å². The summed E-state index contributed by atoms with van der Waals surface area (Å²) in [6.07, 6.45) is -4.66. The lowest BCUT2D eigenvalue weighted by Gasteiger charge is -2.30. The lowest BCUT2D eigenvalue weighted by atomic mass is 10.2. The largest absolute Gasteiger partial charge is 0.388 e. The number of ether oxygens (including phenoxy) is 1. The molecule has 3 atom stereocenters. The molecule has 1 rings (SSSR count). The predicted molar refractivity (Wildman–Crippen MR) is 29.2 cm³/mol. The summed E-state index contributed by atoms with van der Waals surface area (Å²) in [6, 6.07) is 0. The molecule has 0 aliphatic carbocycles. The molecule has 1 unspecified atom stereocenters. The molecule has 1 aliphatic rings. The molecule has 1 radical (unpaired) electrons. The number of aliphatic hydroxyl groups excluding tert-OH is 4. The van der Waals surface area contributed by atoms with Crippen molar-refractivity contribution in [1.82, 2.24) is 0 Å². The Morgan fingerprint density at radius 3 is 2.40 bits per heavy atom. The van der Waals surface area contributed by atoms with E-state index in [-0.39, 0.29) is 6.61 Å². The summed E-state index contributed by atoms with van der Waals surface area (Å²) in [5, 5.41) is 35.1. The smallest absolute Gasteiger partial charge is 0.189 e. The zero-order chi connectivity index (χ0) is 7.72. The molecular formula is C5H9O5. The van der Waals surface area contributed by atoms with Crippen molar-refractivity contribution < 1.29 is 25.2 Å². The lowest BCUT2D eigenvalue weighted by molar-refractivity contribution is -0.208. The van der Waals surface area contributed by atoms with Gasteiger partial charge in [0.15, 0.2) is 12.4 Å². The van der Waals surface area contributed by atoms with Crippen molar-refractivity contribution in [3.63, 3.8) is 0 Å². The van der Waals surface area contributed by atoms with Crippen LogP contribution >= 0.6 is 0 Å². The average Bonchev–Trinajstić information content (AvgIpc) is 1.93. The van der Waals surface area contributed by atoms with Crippen LogP contribution in [0.5, 0.6) is 0 Å². The van der Waals surface area contributed by atoms with Gasteiger partial charge in [0.25, 0.3) is 0 Å². The van der Waals surface area contributed by atoms with Gasteiger partial charge >= 0.3 is 0 Å². The van der Waals surface area contributed by atoms with Crippen molar-refractivity contribution >= 4 is 0 Å². The standard InChI is InChI=1S/C5H9O5/c6-2-1-10-5(9)4(8)3(2)7/h2-3,5-9H,1H2/t2-,3+,5?/m0/s1/i4+1. The second kappa shape index (κ2) is 2.81. The fraction of sp³-hybridized carbons (Fsp3) is 0.800. The summed E-state index contributed by atoms with van der Waals surface area (Å²) in [7, 11) is 0. The van der Waals surface area contributed by atoms with E-state index < -0.39 is 24.6 Å². The SMILES string of the molecule is OC1OC[C@H](O)[C@@H](O)[13C]1O. The van der Waals surface area contributed by atoms with Gasteiger partial charge in [-0.05, 0) is 0 Å². The van der Waals surface area contributed by atoms with Crippen LogP contribution in [0.2, 0.25) is 0 Å². The van der Waals surface area contributed by atoms with Crippen LogP contribution < -0.4 is 0 Å². The van der Waals surface area contributed by atoms with Crippen LogP contribution in [0.4, 0.5) is 0 Å². The highest BCUT2D eigenvalue weighted by molar-refractivity contribution is 4.95. The maximum Gasteiger partial charge on any atom is 0.189 e. The van der Waals surface area contributed by atoms with Crippen LogP contribution in [-0.4, -0.2) is 45.5 Å². The second-order valence-corrected chi connectivity index (χ2v) is 2.12. The Morgan fingerprint density at radius 2 is 1.90 bits per heavy atom. The van der Waals surface area contributed by atoms with E-state index in [1.54, 1.807) is 0 Å². The number of aliphatic hydroxyl groups is 4. The molecule has 10 heavy (non-hydrogen) atoms. The molecule has 0 spiro atoms. The zero-order valence-corrected chi connectivity index (χ0v) is 5.14. The summed E-state index contributed by atoms with van der Waals surface area (Å²) in [5.74, 6) is 0. The molecule has 1 fully saturated rings. The van der Waals surface area contributed by atoms with Gasteiger partial charge in [0.1, 0.15) is 12.2 Å². The van der Waals surface area contributed by atoms with Crippen LogP contribution in [0.3, 0.4) is 0 Å². The highest BCUT2D eigenvalue weighted by atomic mass is 16.6. The third-order valence-corrected chi connectivity index (χ3v) is 1.35. The molecule has 1 heterocycles. The molecule has 5 nitrogen and oxygen atoms in total.